The molecular weight excluding hydrogens is 240 g/mol. The third kappa shape index (κ3) is 1.75. The Bertz CT molecular complexity index is 431. The maximum absolute atomic E-state index is 12.4. The van der Waals surface area contributed by atoms with Crippen LogP contribution in [0.5, 0.6) is 0 Å². The third-order valence-corrected chi connectivity index (χ3v) is 4.21. The molecule has 4 nitrogen and oxygen atoms in total. The number of piperidine rings is 1. The van der Waals surface area contributed by atoms with Crippen LogP contribution in [0.2, 0.25) is 0 Å². The van der Waals surface area contributed by atoms with E-state index in [1.807, 2.05) is 4.90 Å². The Kier molecular flexibility index (Phi) is 2.62. The first-order valence-corrected chi connectivity index (χ1v) is 6.47. The summed E-state index contributed by atoms with van der Waals surface area (Å²) < 4.78 is 5.20. The van der Waals surface area contributed by atoms with Gasteiger partial charge in [0.2, 0.25) is 5.76 Å². The molecule has 3 rings (SSSR count). The number of amides is 1. The van der Waals surface area contributed by atoms with Crippen LogP contribution in [0.15, 0.2) is 10.8 Å². The number of carbonyl (C=O) groups excluding carboxylic acids is 1. The van der Waals surface area contributed by atoms with Gasteiger partial charge in [0.1, 0.15) is 0 Å². The molecule has 0 saturated carbocycles. The maximum atomic E-state index is 12.4. The van der Waals surface area contributed by atoms with E-state index in [-0.39, 0.29) is 23.4 Å². The lowest BCUT2D eigenvalue weighted by Crippen LogP contribution is -2.47. The number of halogens is 1. The third-order valence-electron chi connectivity index (χ3n) is 3.85. The van der Waals surface area contributed by atoms with Gasteiger partial charge in [-0.3, -0.25) is 4.79 Å². The molecule has 0 aliphatic carbocycles. The van der Waals surface area contributed by atoms with Gasteiger partial charge in [0, 0.05) is 17.5 Å². The van der Waals surface area contributed by atoms with Gasteiger partial charge in [-0.15, -0.1) is 11.6 Å². The van der Waals surface area contributed by atoms with Gasteiger partial charge in [-0.2, -0.15) is 0 Å². The van der Waals surface area contributed by atoms with Crippen LogP contribution in [-0.2, 0) is 0 Å². The zero-order chi connectivity index (χ0) is 12.0. The molecule has 2 atom stereocenters. The molecule has 2 unspecified atom stereocenters. The van der Waals surface area contributed by atoms with Gasteiger partial charge in [-0.1, -0.05) is 0 Å². The van der Waals surface area contributed by atoms with Crippen LogP contribution in [0.25, 0.3) is 0 Å². The first-order chi connectivity index (χ1) is 8.16. The van der Waals surface area contributed by atoms with E-state index in [1.54, 1.807) is 6.92 Å². The van der Waals surface area contributed by atoms with Crippen molar-refractivity contribution in [3.05, 3.63) is 17.8 Å². The minimum Gasteiger partial charge on any atom is -0.438 e. The molecule has 0 aromatic carbocycles. The molecule has 2 saturated heterocycles. The largest absolute Gasteiger partial charge is 0.438 e. The van der Waals surface area contributed by atoms with Crippen molar-refractivity contribution in [2.75, 3.05) is 0 Å². The van der Waals surface area contributed by atoms with E-state index in [0.717, 1.165) is 25.7 Å². The molecule has 1 aromatic rings. The zero-order valence-corrected chi connectivity index (χ0v) is 10.5. The van der Waals surface area contributed by atoms with Crippen LogP contribution in [0.1, 0.15) is 41.9 Å². The molecule has 0 radical (unpaired) electrons. The van der Waals surface area contributed by atoms with Crippen molar-refractivity contribution in [1.29, 1.82) is 0 Å². The second kappa shape index (κ2) is 4.02. The molecule has 2 fully saturated rings. The number of nitrogens with zero attached hydrogens (tertiary/aromatic N) is 2. The van der Waals surface area contributed by atoms with Crippen LogP contribution in [0.4, 0.5) is 0 Å². The average Bonchev–Trinajstić information content (AvgIpc) is 2.81. The van der Waals surface area contributed by atoms with Crippen molar-refractivity contribution < 1.29 is 9.21 Å². The highest BCUT2D eigenvalue weighted by atomic mass is 35.5. The summed E-state index contributed by atoms with van der Waals surface area (Å²) in [6.07, 6.45) is 5.26. The van der Waals surface area contributed by atoms with E-state index in [0.29, 0.717) is 11.5 Å². The number of aryl methyl sites for hydroxylation is 1. The molecule has 5 heteroatoms. The lowest BCUT2D eigenvalue weighted by atomic mass is 10.0. The maximum Gasteiger partial charge on any atom is 0.292 e. The first kappa shape index (κ1) is 11.1. The van der Waals surface area contributed by atoms with Gasteiger partial charge >= 0.3 is 0 Å². The number of aromatic nitrogens is 1. The van der Waals surface area contributed by atoms with Gasteiger partial charge in [0.05, 0.1) is 5.69 Å². The molecule has 1 aromatic heterocycles. The Morgan fingerprint density at radius 1 is 1.47 bits per heavy atom. The monoisotopic (exact) mass is 254 g/mol. The molecule has 2 bridgehead atoms. The number of fused-ring (bicyclic) bond motifs is 2. The van der Waals surface area contributed by atoms with Crippen molar-refractivity contribution in [2.24, 2.45) is 0 Å². The minimum absolute atomic E-state index is 0.0175. The van der Waals surface area contributed by atoms with Gasteiger partial charge < -0.3 is 9.32 Å². The van der Waals surface area contributed by atoms with Crippen LogP contribution < -0.4 is 0 Å². The summed E-state index contributed by atoms with van der Waals surface area (Å²) in [6, 6.07) is 0.571. The molecule has 0 spiro atoms. The number of alkyl halides is 1. The molecule has 2 aliphatic heterocycles. The van der Waals surface area contributed by atoms with Crippen LogP contribution in [-0.4, -0.2) is 33.3 Å². The van der Waals surface area contributed by atoms with Crippen molar-refractivity contribution in [3.63, 3.8) is 0 Å². The summed E-state index contributed by atoms with van der Waals surface area (Å²) in [6.45, 7) is 1.80. The molecule has 2 aliphatic rings. The van der Waals surface area contributed by atoms with Crippen molar-refractivity contribution in [3.8, 4) is 0 Å². The average molecular weight is 255 g/mol. The van der Waals surface area contributed by atoms with E-state index in [9.17, 15) is 4.79 Å². The summed E-state index contributed by atoms with van der Waals surface area (Å²) >= 11 is 6.20. The Hall–Kier alpha value is -1.03. The van der Waals surface area contributed by atoms with Gasteiger partial charge in [-0.05, 0) is 32.6 Å². The fraction of sp³-hybridized carbons (Fsp3) is 0.667. The topological polar surface area (TPSA) is 46.3 Å². The number of rotatable bonds is 1. The highest BCUT2D eigenvalue weighted by Gasteiger charge is 2.44. The van der Waals surface area contributed by atoms with Gasteiger partial charge in [0.15, 0.2) is 6.39 Å². The van der Waals surface area contributed by atoms with Gasteiger partial charge in [-0.25, -0.2) is 4.98 Å². The van der Waals surface area contributed by atoms with Gasteiger partial charge in [0.25, 0.3) is 5.91 Å². The Balaban J connectivity index is 1.86. The van der Waals surface area contributed by atoms with Crippen molar-refractivity contribution in [1.82, 2.24) is 9.88 Å². The van der Waals surface area contributed by atoms with Crippen molar-refractivity contribution in [2.45, 2.75) is 50.1 Å². The minimum atomic E-state index is -0.0175. The molecule has 92 valence electrons. The quantitative estimate of drug-likeness (QED) is 0.723. The predicted molar refractivity (Wildman–Crippen MR) is 63.1 cm³/mol. The lowest BCUT2D eigenvalue weighted by molar-refractivity contribution is 0.0566. The standard InChI is InChI=1S/C12H15ClN2O2/c1-7-11(17-6-14-7)12(16)15-9-2-3-10(15)5-8(13)4-9/h6,8-10H,2-5H2,1H3. The number of oxazole rings is 1. The summed E-state index contributed by atoms with van der Waals surface area (Å²) in [4.78, 5) is 18.3. The van der Waals surface area contributed by atoms with E-state index in [2.05, 4.69) is 4.98 Å². The van der Waals surface area contributed by atoms with E-state index < -0.39 is 0 Å². The Labute approximate surface area is 105 Å². The summed E-state index contributed by atoms with van der Waals surface area (Å²) in [5.74, 6) is 0.367. The number of hydrogen-bond acceptors (Lipinski definition) is 3. The SMILES string of the molecule is Cc1ncoc1C(=O)N1C2CCC1CC(Cl)C2. The van der Waals surface area contributed by atoms with Crippen molar-refractivity contribution >= 4 is 17.5 Å². The highest BCUT2D eigenvalue weighted by Crippen LogP contribution is 2.38. The van der Waals surface area contributed by atoms with Crippen LogP contribution in [0.3, 0.4) is 0 Å². The predicted octanol–water partition coefficient (Wildman–Crippen LogP) is 2.36. The second-order valence-electron chi connectivity index (χ2n) is 4.93. The molecule has 0 N–H and O–H groups in total. The molecule has 1 amide bonds. The molecule has 3 heterocycles. The molecule has 17 heavy (non-hydrogen) atoms. The smallest absolute Gasteiger partial charge is 0.292 e. The highest BCUT2D eigenvalue weighted by molar-refractivity contribution is 6.20. The Morgan fingerprint density at radius 3 is 2.65 bits per heavy atom. The fourth-order valence-corrected chi connectivity index (χ4v) is 3.48. The number of carbonyl (C=O) groups is 1. The summed E-state index contributed by atoms with van der Waals surface area (Å²) in [7, 11) is 0. The fourth-order valence-electron chi connectivity index (χ4n) is 3.07. The summed E-state index contributed by atoms with van der Waals surface area (Å²) in [5.41, 5.74) is 0.669. The van der Waals surface area contributed by atoms with Crippen LogP contribution in [0, 0.1) is 6.92 Å². The van der Waals surface area contributed by atoms with E-state index >= 15 is 0 Å². The first-order valence-electron chi connectivity index (χ1n) is 6.03. The Morgan fingerprint density at radius 2 is 2.12 bits per heavy atom. The lowest BCUT2D eigenvalue weighted by Gasteiger charge is -2.36. The van der Waals surface area contributed by atoms with Crippen LogP contribution >= 0.6 is 11.6 Å². The summed E-state index contributed by atoms with van der Waals surface area (Å²) in [5, 5.41) is 0.215. The van der Waals surface area contributed by atoms with E-state index in [4.69, 9.17) is 16.0 Å². The second-order valence-corrected chi connectivity index (χ2v) is 5.55. The zero-order valence-electron chi connectivity index (χ0n) is 9.73. The van der Waals surface area contributed by atoms with E-state index in [1.165, 1.54) is 6.39 Å². The number of hydrogen-bond donors (Lipinski definition) is 0. The normalized spacial score (nSPS) is 31.9. The molecular formula is C12H15ClN2O2.